The van der Waals surface area contributed by atoms with Crippen LogP contribution in [-0.2, 0) is 28.6 Å². The Morgan fingerprint density at radius 2 is 1.59 bits per heavy atom. The number of carbonyl (C=O) groups excluding carboxylic acids is 3. The van der Waals surface area contributed by atoms with Crippen molar-refractivity contribution in [1.82, 2.24) is 0 Å². The van der Waals surface area contributed by atoms with Gasteiger partial charge in [-0.25, -0.2) is 0 Å². The predicted octanol–water partition coefficient (Wildman–Crippen LogP) is 3.65. The Labute approximate surface area is 220 Å². The van der Waals surface area contributed by atoms with Crippen LogP contribution in [0, 0.1) is 46.3 Å². The minimum absolute atomic E-state index is 0.0840. The van der Waals surface area contributed by atoms with Crippen molar-refractivity contribution >= 4 is 17.9 Å². The molecule has 0 spiro atoms. The second-order valence-electron chi connectivity index (χ2n) is 12.9. The maximum atomic E-state index is 12.3. The smallest absolute Gasteiger partial charge is 0.305 e. The average Bonchev–Trinajstić information content (AvgIpc) is 3.19. The summed E-state index contributed by atoms with van der Waals surface area (Å²) < 4.78 is 16.5. The summed E-state index contributed by atoms with van der Waals surface area (Å²) in [6, 6.07) is 0. The zero-order valence-corrected chi connectivity index (χ0v) is 23.3. The Balaban J connectivity index is 1.66. The molecule has 4 aliphatic rings. The first-order valence-corrected chi connectivity index (χ1v) is 14.1. The number of carbonyl (C=O) groups is 3. The SMILES string of the molecule is COC(=O)CC[C@@H](C)[C@H]1CC[C@H]2[C@@H]3[C@H](O)[C@@H](O)[C@@H]4C[C@H](OC(C)=O)CC[C@]4(C)[C@H]3C[C@H](OC(C)=O)[C@]12C. The molecule has 4 rings (SSSR count). The van der Waals surface area contributed by atoms with Crippen LogP contribution in [0.5, 0.6) is 0 Å². The zero-order valence-electron chi connectivity index (χ0n) is 23.3. The van der Waals surface area contributed by atoms with E-state index >= 15 is 0 Å². The normalized spacial score (nSPS) is 45.6. The van der Waals surface area contributed by atoms with Gasteiger partial charge in [0.15, 0.2) is 0 Å². The van der Waals surface area contributed by atoms with Crippen molar-refractivity contribution in [1.29, 1.82) is 0 Å². The lowest BCUT2D eigenvalue weighted by molar-refractivity contribution is -0.248. The van der Waals surface area contributed by atoms with Gasteiger partial charge in [-0.15, -0.1) is 0 Å². The molecule has 0 unspecified atom stereocenters. The first kappa shape index (κ1) is 28.3. The van der Waals surface area contributed by atoms with Crippen LogP contribution in [0.3, 0.4) is 0 Å². The molecule has 4 saturated carbocycles. The van der Waals surface area contributed by atoms with Gasteiger partial charge in [0.2, 0.25) is 0 Å². The van der Waals surface area contributed by atoms with Gasteiger partial charge in [0.1, 0.15) is 12.2 Å². The molecule has 0 aromatic rings. The molecule has 12 atom stereocenters. The lowest BCUT2D eigenvalue weighted by atomic mass is 9.42. The third-order valence-corrected chi connectivity index (χ3v) is 11.2. The fourth-order valence-corrected chi connectivity index (χ4v) is 9.49. The summed E-state index contributed by atoms with van der Waals surface area (Å²) >= 11 is 0. The highest BCUT2D eigenvalue weighted by Crippen LogP contribution is 2.69. The van der Waals surface area contributed by atoms with E-state index in [0.29, 0.717) is 25.7 Å². The van der Waals surface area contributed by atoms with E-state index in [1.807, 2.05) is 0 Å². The molecule has 4 aliphatic carbocycles. The molecule has 37 heavy (non-hydrogen) atoms. The molecule has 0 radical (unpaired) electrons. The zero-order chi connectivity index (χ0) is 27.3. The third-order valence-electron chi connectivity index (χ3n) is 11.2. The molecule has 0 amide bonds. The van der Waals surface area contributed by atoms with Crippen LogP contribution in [0.25, 0.3) is 0 Å². The van der Waals surface area contributed by atoms with Gasteiger partial charge in [-0.2, -0.15) is 0 Å². The second kappa shape index (κ2) is 10.5. The molecule has 8 heteroatoms. The van der Waals surface area contributed by atoms with Gasteiger partial charge >= 0.3 is 17.9 Å². The molecule has 0 bridgehead atoms. The number of methoxy groups -OCH3 is 1. The van der Waals surface area contributed by atoms with Crippen molar-refractivity contribution in [2.75, 3.05) is 7.11 Å². The van der Waals surface area contributed by atoms with Crippen molar-refractivity contribution in [2.45, 2.75) is 110 Å². The molecule has 210 valence electrons. The molecular weight excluding hydrogens is 476 g/mol. The fourth-order valence-electron chi connectivity index (χ4n) is 9.49. The first-order valence-electron chi connectivity index (χ1n) is 14.1. The van der Waals surface area contributed by atoms with Crippen molar-refractivity contribution < 1.29 is 38.8 Å². The molecule has 0 heterocycles. The average molecular weight is 523 g/mol. The second-order valence-corrected chi connectivity index (χ2v) is 12.9. The molecule has 2 N–H and O–H groups in total. The minimum Gasteiger partial charge on any atom is -0.469 e. The summed E-state index contributed by atoms with van der Waals surface area (Å²) in [5.41, 5.74) is -0.616. The lowest BCUT2D eigenvalue weighted by Gasteiger charge is -2.65. The van der Waals surface area contributed by atoms with Gasteiger partial charge in [-0.3, -0.25) is 14.4 Å². The Hall–Kier alpha value is -1.67. The van der Waals surface area contributed by atoms with Crippen LogP contribution in [0.1, 0.15) is 86.0 Å². The molecular formula is C29H46O8. The Morgan fingerprint density at radius 1 is 0.919 bits per heavy atom. The lowest BCUT2D eigenvalue weighted by Crippen LogP contribution is -2.67. The highest BCUT2D eigenvalue weighted by Gasteiger charge is 2.68. The number of hydrogen-bond acceptors (Lipinski definition) is 8. The van der Waals surface area contributed by atoms with Gasteiger partial charge in [-0.1, -0.05) is 20.8 Å². The molecule has 8 nitrogen and oxygen atoms in total. The molecule has 0 aliphatic heterocycles. The van der Waals surface area contributed by atoms with Gasteiger partial charge in [0.25, 0.3) is 0 Å². The summed E-state index contributed by atoms with van der Waals surface area (Å²) in [5, 5.41) is 23.1. The molecule has 4 fully saturated rings. The monoisotopic (exact) mass is 522 g/mol. The van der Waals surface area contributed by atoms with Crippen molar-refractivity contribution in [3.8, 4) is 0 Å². The van der Waals surface area contributed by atoms with Crippen molar-refractivity contribution in [2.24, 2.45) is 46.3 Å². The summed E-state index contributed by atoms with van der Waals surface area (Å²) in [4.78, 5) is 35.8. The number of aliphatic hydroxyl groups excluding tert-OH is 2. The van der Waals surface area contributed by atoms with E-state index in [0.717, 1.165) is 25.7 Å². The highest BCUT2D eigenvalue weighted by molar-refractivity contribution is 5.69. The van der Waals surface area contributed by atoms with Crippen LogP contribution in [-0.4, -0.2) is 59.6 Å². The van der Waals surface area contributed by atoms with E-state index < -0.39 is 12.2 Å². The van der Waals surface area contributed by atoms with Crippen LogP contribution < -0.4 is 0 Å². The van der Waals surface area contributed by atoms with Crippen LogP contribution in [0.2, 0.25) is 0 Å². The standard InChI is InChI=1S/C29H46O8/c1-15(7-10-24(32)35-6)19-8-9-20-25-21(14-23(29(19,20)5)37-17(3)31)28(4)12-11-18(36-16(2)30)13-22(28)26(33)27(25)34/h15,18-23,25-27,33-34H,7-14H2,1-6H3/t15-,18-,19-,20+,21+,22+,23+,25+,26+,27+,28-,29-/m1/s1. The van der Waals surface area contributed by atoms with E-state index in [9.17, 15) is 24.6 Å². The fraction of sp³-hybridized carbons (Fsp3) is 0.897. The first-order chi connectivity index (χ1) is 17.3. The van der Waals surface area contributed by atoms with Crippen molar-refractivity contribution in [3.05, 3.63) is 0 Å². The summed E-state index contributed by atoms with van der Waals surface area (Å²) in [5.74, 6) is -0.515. The number of rotatable bonds is 6. The maximum absolute atomic E-state index is 12.3. The van der Waals surface area contributed by atoms with E-state index in [1.54, 1.807) is 0 Å². The van der Waals surface area contributed by atoms with E-state index in [-0.39, 0.29) is 76.5 Å². The largest absolute Gasteiger partial charge is 0.469 e. The predicted molar refractivity (Wildman–Crippen MR) is 135 cm³/mol. The minimum atomic E-state index is -0.894. The van der Waals surface area contributed by atoms with E-state index in [4.69, 9.17) is 14.2 Å². The molecule has 0 aromatic carbocycles. The number of aliphatic hydroxyl groups is 2. The van der Waals surface area contributed by atoms with Gasteiger partial charge in [0.05, 0.1) is 19.3 Å². The van der Waals surface area contributed by atoms with Crippen LogP contribution in [0.15, 0.2) is 0 Å². The van der Waals surface area contributed by atoms with E-state index in [2.05, 4.69) is 20.8 Å². The van der Waals surface area contributed by atoms with Gasteiger partial charge in [-0.05, 0) is 85.9 Å². The van der Waals surface area contributed by atoms with Crippen LogP contribution in [0.4, 0.5) is 0 Å². The maximum Gasteiger partial charge on any atom is 0.305 e. The molecule has 0 saturated heterocycles. The summed E-state index contributed by atoms with van der Waals surface area (Å²) in [7, 11) is 1.40. The van der Waals surface area contributed by atoms with Crippen LogP contribution >= 0.6 is 0 Å². The quantitative estimate of drug-likeness (QED) is 0.401. The van der Waals surface area contributed by atoms with E-state index in [1.165, 1.54) is 21.0 Å². The van der Waals surface area contributed by atoms with Gasteiger partial charge in [0, 0.05) is 25.7 Å². The summed E-state index contributed by atoms with van der Waals surface area (Å²) in [6.07, 6.45) is 3.24. The molecule has 0 aromatic heterocycles. The Bertz CT molecular complexity index is 889. The van der Waals surface area contributed by atoms with Gasteiger partial charge < -0.3 is 24.4 Å². The summed E-state index contributed by atoms with van der Waals surface area (Å²) in [6.45, 7) is 9.46. The number of ether oxygens (including phenoxy) is 3. The number of fused-ring (bicyclic) bond motifs is 5. The number of esters is 3. The third kappa shape index (κ3) is 4.81. The topological polar surface area (TPSA) is 119 Å². The van der Waals surface area contributed by atoms with Crippen molar-refractivity contribution in [3.63, 3.8) is 0 Å². The Kier molecular flexibility index (Phi) is 8.03. The number of hydrogen-bond donors (Lipinski definition) is 2. The highest BCUT2D eigenvalue weighted by atomic mass is 16.5. The Morgan fingerprint density at radius 3 is 2.22 bits per heavy atom.